The molecule has 25 heavy (non-hydrogen) atoms. The average Bonchev–Trinajstić information content (AvgIpc) is 3.02. The van der Waals surface area contributed by atoms with Crippen LogP contribution in [0.25, 0.3) is 0 Å². The third-order valence-corrected chi connectivity index (χ3v) is 5.15. The first kappa shape index (κ1) is 17.4. The van der Waals surface area contributed by atoms with Crippen LogP contribution in [0.4, 0.5) is 11.4 Å². The van der Waals surface area contributed by atoms with E-state index in [0.717, 1.165) is 23.4 Å². The molecule has 2 aromatic rings. The van der Waals surface area contributed by atoms with Crippen LogP contribution in [0.2, 0.25) is 0 Å². The summed E-state index contributed by atoms with van der Waals surface area (Å²) in [5, 5.41) is 5.22. The topological polar surface area (TPSA) is 91.1 Å². The minimum absolute atomic E-state index is 0.123. The number of ether oxygens (including phenoxy) is 3. The number of benzene rings is 2. The standard InChI is InChI=1S/C17H20N2O5S/c1-22-15-9-12(10-16(23-2)17(15)24-3)19-7-6-11-8-13(25(18,20)21)4-5-14(11)19/h4-5,8-10H,6-7H2,1-3H3,(H2,18,20,21). The normalized spacial score (nSPS) is 13.5. The molecule has 1 heterocycles. The Bertz CT molecular complexity index is 886. The lowest BCUT2D eigenvalue weighted by atomic mass is 10.1. The maximum absolute atomic E-state index is 11.5. The molecule has 1 aliphatic rings. The summed E-state index contributed by atoms with van der Waals surface area (Å²) < 4.78 is 39.2. The Morgan fingerprint density at radius 1 is 1.00 bits per heavy atom. The van der Waals surface area contributed by atoms with Crippen molar-refractivity contribution in [1.82, 2.24) is 0 Å². The van der Waals surface area contributed by atoms with E-state index in [4.69, 9.17) is 19.3 Å². The fraction of sp³-hybridized carbons (Fsp3) is 0.294. The zero-order chi connectivity index (χ0) is 18.2. The number of hydrogen-bond acceptors (Lipinski definition) is 6. The zero-order valence-electron chi connectivity index (χ0n) is 14.3. The van der Waals surface area contributed by atoms with Crippen molar-refractivity contribution in [3.05, 3.63) is 35.9 Å². The van der Waals surface area contributed by atoms with E-state index in [1.165, 1.54) is 6.07 Å². The summed E-state index contributed by atoms with van der Waals surface area (Å²) in [7, 11) is 0.977. The average molecular weight is 364 g/mol. The molecule has 0 fully saturated rings. The highest BCUT2D eigenvalue weighted by atomic mass is 32.2. The Labute approximate surface area is 147 Å². The van der Waals surface area contributed by atoms with Gasteiger partial charge in [0.15, 0.2) is 11.5 Å². The maximum atomic E-state index is 11.5. The molecule has 2 N–H and O–H groups in total. The third kappa shape index (κ3) is 3.10. The summed E-state index contributed by atoms with van der Waals surface area (Å²) in [5.74, 6) is 1.65. The number of methoxy groups -OCH3 is 3. The molecule has 3 rings (SSSR count). The Morgan fingerprint density at radius 2 is 1.64 bits per heavy atom. The van der Waals surface area contributed by atoms with Crippen molar-refractivity contribution in [2.24, 2.45) is 5.14 Å². The quantitative estimate of drug-likeness (QED) is 0.873. The number of hydrogen-bond donors (Lipinski definition) is 1. The molecular weight excluding hydrogens is 344 g/mol. The molecule has 0 unspecified atom stereocenters. The van der Waals surface area contributed by atoms with Gasteiger partial charge in [0, 0.05) is 30.1 Å². The second-order valence-corrected chi connectivity index (χ2v) is 7.18. The lowest BCUT2D eigenvalue weighted by Crippen LogP contribution is -2.14. The summed E-state index contributed by atoms with van der Waals surface area (Å²) in [6.07, 6.45) is 0.718. The number of nitrogens with zero attached hydrogens (tertiary/aromatic N) is 1. The van der Waals surface area contributed by atoms with E-state index >= 15 is 0 Å². The summed E-state index contributed by atoms with van der Waals surface area (Å²) in [5.41, 5.74) is 2.73. The maximum Gasteiger partial charge on any atom is 0.238 e. The van der Waals surface area contributed by atoms with Crippen LogP contribution in [0, 0.1) is 0 Å². The van der Waals surface area contributed by atoms with E-state index in [1.54, 1.807) is 33.5 Å². The van der Waals surface area contributed by atoms with Gasteiger partial charge in [0.1, 0.15) is 0 Å². The van der Waals surface area contributed by atoms with Crippen LogP contribution in [0.5, 0.6) is 17.2 Å². The van der Waals surface area contributed by atoms with Gasteiger partial charge in [-0.3, -0.25) is 0 Å². The summed E-state index contributed by atoms with van der Waals surface area (Å²) >= 11 is 0. The van der Waals surface area contributed by atoms with E-state index in [9.17, 15) is 8.42 Å². The molecule has 134 valence electrons. The number of fused-ring (bicyclic) bond motifs is 1. The van der Waals surface area contributed by atoms with Crippen LogP contribution in [-0.2, 0) is 16.4 Å². The lowest BCUT2D eigenvalue weighted by Gasteiger charge is -2.22. The van der Waals surface area contributed by atoms with Crippen LogP contribution >= 0.6 is 0 Å². The van der Waals surface area contributed by atoms with Crippen molar-refractivity contribution in [2.45, 2.75) is 11.3 Å². The minimum Gasteiger partial charge on any atom is -0.493 e. The van der Waals surface area contributed by atoms with E-state index in [-0.39, 0.29) is 4.90 Å². The van der Waals surface area contributed by atoms with Crippen LogP contribution in [-0.4, -0.2) is 36.3 Å². The molecule has 0 bridgehead atoms. The summed E-state index contributed by atoms with van der Waals surface area (Å²) in [6, 6.07) is 8.65. The molecule has 8 heteroatoms. The molecule has 0 amide bonds. The first-order valence-corrected chi connectivity index (χ1v) is 9.17. The molecule has 0 saturated heterocycles. The highest BCUT2D eigenvalue weighted by molar-refractivity contribution is 7.89. The molecule has 1 aliphatic heterocycles. The minimum atomic E-state index is -3.71. The van der Waals surface area contributed by atoms with E-state index in [2.05, 4.69) is 4.90 Å². The molecule has 0 aromatic heterocycles. The van der Waals surface area contributed by atoms with Crippen molar-refractivity contribution >= 4 is 21.4 Å². The van der Waals surface area contributed by atoms with Crippen molar-refractivity contribution in [2.75, 3.05) is 32.8 Å². The number of primary sulfonamides is 1. The molecule has 0 atom stereocenters. The highest BCUT2D eigenvalue weighted by Gasteiger charge is 2.25. The smallest absolute Gasteiger partial charge is 0.238 e. The highest BCUT2D eigenvalue weighted by Crippen LogP contribution is 2.44. The van der Waals surface area contributed by atoms with Gasteiger partial charge < -0.3 is 19.1 Å². The van der Waals surface area contributed by atoms with Gasteiger partial charge in [-0.1, -0.05) is 0 Å². The van der Waals surface area contributed by atoms with Gasteiger partial charge >= 0.3 is 0 Å². The molecular formula is C17H20N2O5S. The summed E-state index contributed by atoms with van der Waals surface area (Å²) in [6.45, 7) is 0.710. The van der Waals surface area contributed by atoms with Crippen LogP contribution in [0.3, 0.4) is 0 Å². The second-order valence-electron chi connectivity index (χ2n) is 5.62. The molecule has 7 nitrogen and oxygen atoms in total. The predicted octanol–water partition coefficient (Wildman–Crippen LogP) is 2.05. The fourth-order valence-corrected chi connectivity index (χ4v) is 3.61. The molecule has 0 aliphatic carbocycles. The van der Waals surface area contributed by atoms with E-state index < -0.39 is 10.0 Å². The Morgan fingerprint density at radius 3 is 2.16 bits per heavy atom. The van der Waals surface area contributed by atoms with Gasteiger partial charge in [-0.15, -0.1) is 0 Å². The molecule has 0 radical (unpaired) electrons. The first-order chi connectivity index (χ1) is 11.9. The largest absolute Gasteiger partial charge is 0.493 e. The number of sulfonamides is 1. The second kappa shape index (κ2) is 6.45. The predicted molar refractivity (Wildman–Crippen MR) is 94.6 cm³/mol. The van der Waals surface area contributed by atoms with Crippen molar-refractivity contribution in [3.8, 4) is 17.2 Å². The van der Waals surface area contributed by atoms with E-state index in [1.807, 2.05) is 12.1 Å². The SMILES string of the molecule is COc1cc(N2CCc3cc(S(N)(=O)=O)ccc32)cc(OC)c1OC. The molecule has 0 spiro atoms. The molecule has 2 aromatic carbocycles. The Balaban J connectivity index is 2.06. The summed E-state index contributed by atoms with van der Waals surface area (Å²) in [4.78, 5) is 2.20. The fourth-order valence-electron chi connectivity index (χ4n) is 3.05. The van der Waals surface area contributed by atoms with Gasteiger partial charge in [-0.2, -0.15) is 0 Å². The lowest BCUT2D eigenvalue weighted by molar-refractivity contribution is 0.324. The van der Waals surface area contributed by atoms with E-state index in [0.29, 0.717) is 23.8 Å². The number of anilines is 2. The molecule has 0 saturated carbocycles. The van der Waals surface area contributed by atoms with Gasteiger partial charge in [-0.05, 0) is 30.2 Å². The van der Waals surface area contributed by atoms with Gasteiger partial charge in [0.05, 0.1) is 26.2 Å². The van der Waals surface area contributed by atoms with Crippen molar-refractivity contribution in [1.29, 1.82) is 0 Å². The van der Waals surface area contributed by atoms with Crippen LogP contribution < -0.4 is 24.2 Å². The number of nitrogens with two attached hydrogens (primary N) is 1. The van der Waals surface area contributed by atoms with Crippen molar-refractivity contribution in [3.63, 3.8) is 0 Å². The zero-order valence-corrected chi connectivity index (χ0v) is 15.1. The monoisotopic (exact) mass is 364 g/mol. The third-order valence-electron chi connectivity index (χ3n) is 4.24. The van der Waals surface area contributed by atoms with Crippen LogP contribution in [0.1, 0.15) is 5.56 Å². The van der Waals surface area contributed by atoms with Gasteiger partial charge in [-0.25, -0.2) is 13.6 Å². The first-order valence-electron chi connectivity index (χ1n) is 7.62. The Kier molecular flexibility index (Phi) is 4.49. The van der Waals surface area contributed by atoms with Crippen molar-refractivity contribution < 1.29 is 22.6 Å². The van der Waals surface area contributed by atoms with Gasteiger partial charge in [0.25, 0.3) is 0 Å². The number of rotatable bonds is 5. The van der Waals surface area contributed by atoms with Crippen LogP contribution in [0.15, 0.2) is 35.2 Å². The Hall–Kier alpha value is -2.45. The van der Waals surface area contributed by atoms with Gasteiger partial charge in [0.2, 0.25) is 15.8 Å².